The summed E-state index contributed by atoms with van der Waals surface area (Å²) in [5.41, 5.74) is 0. The van der Waals surface area contributed by atoms with E-state index in [1.165, 1.54) is 6.07 Å². The van der Waals surface area contributed by atoms with Gasteiger partial charge in [-0.1, -0.05) is 6.92 Å². The minimum absolute atomic E-state index is 0.0218. The minimum atomic E-state index is -3.49. The molecule has 0 aromatic carbocycles. The molecule has 0 radical (unpaired) electrons. The van der Waals surface area contributed by atoms with Crippen LogP contribution in [0.3, 0.4) is 0 Å². The average molecular weight is 278 g/mol. The molecule has 0 unspecified atom stereocenters. The van der Waals surface area contributed by atoms with Crippen molar-refractivity contribution in [2.45, 2.75) is 18.6 Å². The highest BCUT2D eigenvalue weighted by molar-refractivity contribution is 7.98. The molecule has 5 nitrogen and oxygen atoms in total. The molecule has 0 fully saturated rings. The first-order valence-corrected chi connectivity index (χ1v) is 8.26. The van der Waals surface area contributed by atoms with Crippen LogP contribution >= 0.6 is 11.8 Å². The van der Waals surface area contributed by atoms with E-state index in [9.17, 15) is 8.42 Å². The second-order valence-electron chi connectivity index (χ2n) is 3.39. The van der Waals surface area contributed by atoms with E-state index in [1.807, 2.05) is 13.2 Å². The molecule has 0 aliphatic carbocycles. The Morgan fingerprint density at radius 3 is 2.82 bits per heavy atom. The molecule has 0 saturated carbocycles. The fourth-order valence-corrected chi connectivity index (χ4v) is 2.61. The van der Waals surface area contributed by atoms with Crippen LogP contribution in [0.5, 0.6) is 0 Å². The second kappa shape index (κ2) is 7.05. The van der Waals surface area contributed by atoms with Crippen molar-refractivity contribution in [3.63, 3.8) is 0 Å². The van der Waals surface area contributed by atoms with E-state index >= 15 is 0 Å². The number of nitrogens with one attached hydrogen (secondary N) is 2. The highest BCUT2D eigenvalue weighted by Gasteiger charge is 2.17. The number of rotatable bonds is 8. The van der Waals surface area contributed by atoms with E-state index in [-0.39, 0.29) is 5.09 Å². The van der Waals surface area contributed by atoms with E-state index in [0.717, 1.165) is 12.3 Å². The highest BCUT2D eigenvalue weighted by Crippen LogP contribution is 2.13. The van der Waals surface area contributed by atoms with Gasteiger partial charge in [0.2, 0.25) is 5.09 Å². The maximum atomic E-state index is 11.8. The lowest BCUT2D eigenvalue weighted by Gasteiger charge is -2.02. The smallest absolute Gasteiger partial charge is 0.273 e. The topological polar surface area (TPSA) is 71.3 Å². The van der Waals surface area contributed by atoms with Gasteiger partial charge in [0.05, 0.1) is 6.54 Å². The number of hydrogen-bond donors (Lipinski definition) is 2. The lowest BCUT2D eigenvalue weighted by atomic mass is 10.4. The predicted molar refractivity (Wildman–Crippen MR) is 69.7 cm³/mol. The second-order valence-corrected chi connectivity index (χ2v) is 6.08. The third-order valence-corrected chi connectivity index (χ3v) is 4.00. The molecule has 2 N–H and O–H groups in total. The summed E-state index contributed by atoms with van der Waals surface area (Å²) in [7, 11) is -3.49. The van der Waals surface area contributed by atoms with E-state index < -0.39 is 10.0 Å². The van der Waals surface area contributed by atoms with Crippen LogP contribution in [0.1, 0.15) is 12.7 Å². The van der Waals surface area contributed by atoms with Gasteiger partial charge in [0.15, 0.2) is 0 Å². The van der Waals surface area contributed by atoms with E-state index in [0.29, 0.717) is 18.8 Å². The first-order chi connectivity index (χ1) is 8.10. The summed E-state index contributed by atoms with van der Waals surface area (Å²) in [6.07, 6.45) is 1.93. The molecule has 0 aliphatic heterocycles. The van der Waals surface area contributed by atoms with Gasteiger partial charge < -0.3 is 9.73 Å². The van der Waals surface area contributed by atoms with Crippen LogP contribution in [0, 0.1) is 0 Å². The summed E-state index contributed by atoms with van der Waals surface area (Å²) in [4.78, 5) is 0. The highest BCUT2D eigenvalue weighted by atomic mass is 32.2. The Morgan fingerprint density at radius 2 is 2.18 bits per heavy atom. The van der Waals surface area contributed by atoms with Gasteiger partial charge in [-0.3, -0.25) is 0 Å². The van der Waals surface area contributed by atoms with Gasteiger partial charge in [0, 0.05) is 12.3 Å². The Bertz CT molecular complexity index is 429. The first kappa shape index (κ1) is 14.6. The zero-order valence-electron chi connectivity index (χ0n) is 10.0. The van der Waals surface area contributed by atoms with Crippen molar-refractivity contribution in [3.05, 3.63) is 17.9 Å². The molecule has 1 aromatic rings. The van der Waals surface area contributed by atoms with Crippen LogP contribution in [0.4, 0.5) is 0 Å². The molecule has 1 heterocycles. The monoisotopic (exact) mass is 278 g/mol. The molecule has 1 rings (SSSR count). The van der Waals surface area contributed by atoms with Crippen LogP contribution in [0.25, 0.3) is 0 Å². The van der Waals surface area contributed by atoms with E-state index in [2.05, 4.69) is 10.0 Å². The molecule has 0 atom stereocenters. The summed E-state index contributed by atoms with van der Waals surface area (Å²) in [5, 5.41) is 3.05. The summed E-state index contributed by atoms with van der Waals surface area (Å²) in [6.45, 7) is 3.74. The van der Waals surface area contributed by atoms with Gasteiger partial charge in [0.25, 0.3) is 10.0 Å². The quantitative estimate of drug-likeness (QED) is 0.695. The van der Waals surface area contributed by atoms with Crippen molar-refractivity contribution < 1.29 is 12.8 Å². The zero-order valence-corrected chi connectivity index (χ0v) is 11.7. The van der Waals surface area contributed by atoms with Crippen molar-refractivity contribution in [1.29, 1.82) is 0 Å². The Balaban J connectivity index is 2.61. The average Bonchev–Trinajstić information content (AvgIpc) is 2.76. The lowest BCUT2D eigenvalue weighted by molar-refractivity contribution is 0.402. The molecule has 17 heavy (non-hydrogen) atoms. The Hall–Kier alpha value is -0.500. The van der Waals surface area contributed by atoms with E-state index in [4.69, 9.17) is 4.42 Å². The van der Waals surface area contributed by atoms with Crippen LogP contribution in [0.15, 0.2) is 21.6 Å². The minimum Gasteiger partial charge on any atom is -0.447 e. The van der Waals surface area contributed by atoms with Crippen molar-refractivity contribution in [2.75, 3.05) is 25.1 Å². The third-order valence-electron chi connectivity index (χ3n) is 2.05. The van der Waals surface area contributed by atoms with Crippen LogP contribution < -0.4 is 10.0 Å². The number of sulfonamides is 1. The van der Waals surface area contributed by atoms with Gasteiger partial charge in [0.1, 0.15) is 5.76 Å². The van der Waals surface area contributed by atoms with Crippen molar-refractivity contribution in [3.8, 4) is 0 Å². The number of hydrogen-bond acceptors (Lipinski definition) is 5. The largest absolute Gasteiger partial charge is 0.447 e. The number of furan rings is 1. The molecule has 0 bridgehead atoms. The van der Waals surface area contributed by atoms with Crippen LogP contribution in [-0.4, -0.2) is 33.5 Å². The fourth-order valence-electron chi connectivity index (χ4n) is 1.20. The molecular weight excluding hydrogens is 260 g/mol. The molecule has 0 aliphatic rings. The maximum Gasteiger partial charge on any atom is 0.273 e. The first-order valence-electron chi connectivity index (χ1n) is 5.38. The van der Waals surface area contributed by atoms with E-state index in [1.54, 1.807) is 17.8 Å². The van der Waals surface area contributed by atoms with Crippen molar-refractivity contribution >= 4 is 21.8 Å². The van der Waals surface area contributed by atoms with Gasteiger partial charge in [-0.2, -0.15) is 11.8 Å². The fraction of sp³-hybridized carbons (Fsp3) is 0.600. The van der Waals surface area contributed by atoms with Gasteiger partial charge in [-0.05, 0) is 24.9 Å². The summed E-state index contributed by atoms with van der Waals surface area (Å²) in [5.74, 6) is 1.36. The maximum absolute atomic E-state index is 11.8. The predicted octanol–water partition coefficient (Wildman–Crippen LogP) is 1.03. The van der Waals surface area contributed by atoms with Crippen LogP contribution in [0.2, 0.25) is 0 Å². The van der Waals surface area contributed by atoms with Crippen molar-refractivity contribution in [1.82, 2.24) is 10.0 Å². The molecule has 1 aromatic heterocycles. The normalized spacial score (nSPS) is 11.9. The molecule has 7 heteroatoms. The summed E-state index contributed by atoms with van der Waals surface area (Å²) < 4.78 is 31.3. The van der Waals surface area contributed by atoms with Gasteiger partial charge in [-0.15, -0.1) is 0 Å². The van der Waals surface area contributed by atoms with Gasteiger partial charge >= 0.3 is 0 Å². The summed E-state index contributed by atoms with van der Waals surface area (Å²) in [6, 6.07) is 3.15. The van der Waals surface area contributed by atoms with Gasteiger partial charge in [-0.25, -0.2) is 13.1 Å². The van der Waals surface area contributed by atoms with Crippen molar-refractivity contribution in [2.24, 2.45) is 0 Å². The molecule has 98 valence electrons. The SMILES string of the molecule is CCNCc1ccc(S(=O)(=O)NCCSC)o1. The molecule has 0 saturated heterocycles. The molecule has 0 spiro atoms. The molecular formula is C10H18N2O3S2. The Morgan fingerprint density at radius 1 is 1.41 bits per heavy atom. The lowest BCUT2D eigenvalue weighted by Crippen LogP contribution is -2.25. The Labute approximate surface area is 106 Å². The molecule has 0 amide bonds. The zero-order chi connectivity index (χ0) is 12.7. The Kier molecular flexibility index (Phi) is 6.04. The standard InChI is InChI=1S/C10H18N2O3S2/c1-3-11-8-9-4-5-10(15-9)17(13,14)12-6-7-16-2/h4-5,11-12H,3,6-8H2,1-2H3. The number of thioether (sulfide) groups is 1. The third kappa shape index (κ3) is 4.71. The van der Waals surface area contributed by atoms with Crippen LogP contribution in [-0.2, 0) is 16.6 Å². The summed E-state index contributed by atoms with van der Waals surface area (Å²) >= 11 is 1.59.